The largest absolute Gasteiger partial charge is 0.510 e. The van der Waals surface area contributed by atoms with Crippen molar-refractivity contribution in [2.24, 2.45) is 5.10 Å². The fourth-order valence-electron chi connectivity index (χ4n) is 2.48. The van der Waals surface area contributed by atoms with Gasteiger partial charge in [0.1, 0.15) is 11.5 Å². The average Bonchev–Trinajstić information content (AvgIpc) is 3.08. The number of imidazole rings is 1. The van der Waals surface area contributed by atoms with Gasteiger partial charge in [0.2, 0.25) is 0 Å². The SMILES string of the molecule is C/C(O)=C(\N/N=C/c1nc2ccc(C(C)(F)F)cc2[nH]1)c1ccccc1.CC. The zero-order chi connectivity index (χ0) is 20.7. The number of aromatic amines is 1. The number of H-pyrrole nitrogens is 1. The molecule has 3 N–H and O–H groups in total. The lowest BCUT2D eigenvalue weighted by Gasteiger charge is -2.09. The van der Waals surface area contributed by atoms with Crippen LogP contribution in [0.25, 0.3) is 16.7 Å². The molecule has 1 aromatic heterocycles. The monoisotopic (exact) mass is 386 g/mol. The Balaban J connectivity index is 0.00000136. The summed E-state index contributed by atoms with van der Waals surface area (Å²) in [5.74, 6) is -2.41. The summed E-state index contributed by atoms with van der Waals surface area (Å²) in [5.41, 5.74) is 5.01. The molecule has 0 aliphatic carbocycles. The summed E-state index contributed by atoms with van der Waals surface area (Å²) >= 11 is 0. The summed E-state index contributed by atoms with van der Waals surface area (Å²) < 4.78 is 26.8. The lowest BCUT2D eigenvalue weighted by Crippen LogP contribution is -2.07. The molecular weight excluding hydrogens is 362 g/mol. The second-order valence-electron chi connectivity index (χ2n) is 5.94. The van der Waals surface area contributed by atoms with Gasteiger partial charge in [0.25, 0.3) is 5.92 Å². The number of allylic oxidation sites excluding steroid dienone is 1. The Hall–Kier alpha value is -3.22. The highest BCUT2D eigenvalue weighted by Gasteiger charge is 2.24. The summed E-state index contributed by atoms with van der Waals surface area (Å²) in [5, 5.41) is 13.9. The maximum atomic E-state index is 13.4. The van der Waals surface area contributed by atoms with Crippen molar-refractivity contribution in [2.75, 3.05) is 0 Å². The number of rotatable bonds is 5. The molecule has 0 fully saturated rings. The van der Waals surface area contributed by atoms with E-state index in [1.807, 2.05) is 44.2 Å². The van der Waals surface area contributed by atoms with Gasteiger partial charge in [-0.15, -0.1) is 0 Å². The topological polar surface area (TPSA) is 73.3 Å². The molecule has 148 valence electrons. The van der Waals surface area contributed by atoms with E-state index in [4.69, 9.17) is 0 Å². The first-order chi connectivity index (χ1) is 13.3. The van der Waals surface area contributed by atoms with Gasteiger partial charge < -0.3 is 10.1 Å². The van der Waals surface area contributed by atoms with E-state index < -0.39 is 5.92 Å². The number of hydrazone groups is 1. The van der Waals surface area contributed by atoms with Gasteiger partial charge in [0.05, 0.1) is 17.2 Å². The number of alkyl halides is 2. The van der Waals surface area contributed by atoms with Crippen LogP contribution in [0.2, 0.25) is 0 Å². The molecule has 0 saturated heterocycles. The smallest absolute Gasteiger partial charge is 0.270 e. The number of nitrogens with zero attached hydrogens (tertiary/aromatic N) is 2. The molecule has 0 bridgehead atoms. The minimum Gasteiger partial charge on any atom is -0.510 e. The van der Waals surface area contributed by atoms with E-state index in [9.17, 15) is 13.9 Å². The van der Waals surface area contributed by atoms with Crippen LogP contribution in [0.5, 0.6) is 0 Å². The Labute approximate surface area is 162 Å². The Morgan fingerprint density at radius 3 is 2.46 bits per heavy atom. The van der Waals surface area contributed by atoms with Crippen molar-refractivity contribution >= 4 is 22.9 Å². The Kier molecular flexibility index (Phi) is 6.87. The summed E-state index contributed by atoms with van der Waals surface area (Å²) in [4.78, 5) is 7.22. The van der Waals surface area contributed by atoms with Crippen LogP contribution >= 0.6 is 0 Å². The predicted molar refractivity (Wildman–Crippen MR) is 109 cm³/mol. The van der Waals surface area contributed by atoms with Crippen molar-refractivity contribution in [3.05, 3.63) is 71.2 Å². The molecule has 0 aliphatic heterocycles. The van der Waals surface area contributed by atoms with E-state index in [1.165, 1.54) is 24.4 Å². The number of hydrogen-bond donors (Lipinski definition) is 3. The van der Waals surface area contributed by atoms with Crippen LogP contribution in [0.4, 0.5) is 8.78 Å². The van der Waals surface area contributed by atoms with Crippen molar-refractivity contribution in [2.45, 2.75) is 33.6 Å². The van der Waals surface area contributed by atoms with Gasteiger partial charge in [-0.1, -0.05) is 50.2 Å². The third-order valence-corrected chi connectivity index (χ3v) is 3.79. The van der Waals surface area contributed by atoms with Crippen molar-refractivity contribution in [3.63, 3.8) is 0 Å². The van der Waals surface area contributed by atoms with Gasteiger partial charge in [-0.2, -0.15) is 5.10 Å². The molecule has 3 rings (SSSR count). The number of aliphatic hydroxyl groups is 1. The fourth-order valence-corrected chi connectivity index (χ4v) is 2.48. The Bertz CT molecular complexity index is 969. The van der Waals surface area contributed by atoms with Crippen LogP contribution in [0.3, 0.4) is 0 Å². The molecule has 5 nitrogen and oxygen atoms in total. The molecule has 2 aromatic carbocycles. The summed E-state index contributed by atoms with van der Waals surface area (Å²) in [6.07, 6.45) is 1.43. The van der Waals surface area contributed by atoms with Gasteiger partial charge in [0, 0.05) is 18.1 Å². The molecule has 0 aliphatic rings. The van der Waals surface area contributed by atoms with Crippen molar-refractivity contribution in [3.8, 4) is 0 Å². The first kappa shape index (κ1) is 21.1. The second kappa shape index (κ2) is 9.12. The predicted octanol–water partition coefficient (Wildman–Crippen LogP) is 5.57. The van der Waals surface area contributed by atoms with Crippen LogP contribution in [-0.2, 0) is 5.92 Å². The Morgan fingerprint density at radius 2 is 1.86 bits per heavy atom. The number of benzene rings is 2. The quantitative estimate of drug-likeness (QED) is 0.305. The van der Waals surface area contributed by atoms with E-state index in [2.05, 4.69) is 20.5 Å². The third-order valence-electron chi connectivity index (χ3n) is 3.79. The maximum Gasteiger partial charge on any atom is 0.270 e. The van der Waals surface area contributed by atoms with E-state index >= 15 is 0 Å². The van der Waals surface area contributed by atoms with Crippen LogP contribution in [0.15, 0.2) is 59.4 Å². The standard InChI is InChI=1S/C19H18F2N4O.C2H6/c1-12(26)18(13-6-4-3-5-7-13)25-22-11-17-23-15-9-8-14(19(2,20)21)10-16(15)24-17;1-2/h3-11,25-26H,1-2H3,(H,23,24);1-2H3/b18-12+,22-11+;. The third kappa shape index (κ3) is 5.16. The summed E-state index contributed by atoms with van der Waals surface area (Å²) in [6.45, 7) is 6.41. The Morgan fingerprint density at radius 1 is 1.18 bits per heavy atom. The van der Waals surface area contributed by atoms with E-state index in [0.29, 0.717) is 22.6 Å². The number of halogens is 2. The van der Waals surface area contributed by atoms with Gasteiger partial charge in [-0.25, -0.2) is 13.8 Å². The number of aliphatic hydroxyl groups excluding tert-OH is 1. The van der Waals surface area contributed by atoms with Gasteiger partial charge >= 0.3 is 0 Å². The van der Waals surface area contributed by atoms with Gasteiger partial charge in [0.15, 0.2) is 5.82 Å². The lowest BCUT2D eigenvalue weighted by atomic mass is 10.1. The first-order valence-corrected chi connectivity index (χ1v) is 8.97. The van der Waals surface area contributed by atoms with Gasteiger partial charge in [-0.05, 0) is 19.1 Å². The highest BCUT2D eigenvalue weighted by atomic mass is 19.3. The highest BCUT2D eigenvalue weighted by molar-refractivity contribution is 5.84. The summed E-state index contributed by atoms with van der Waals surface area (Å²) in [7, 11) is 0. The number of nitrogens with one attached hydrogen (secondary N) is 2. The number of hydrogen-bond acceptors (Lipinski definition) is 4. The molecular formula is C21H24F2N4O. The second-order valence-corrected chi connectivity index (χ2v) is 5.94. The van der Waals surface area contributed by atoms with Crippen LogP contribution in [-0.4, -0.2) is 21.3 Å². The van der Waals surface area contributed by atoms with Crippen molar-refractivity contribution in [1.29, 1.82) is 0 Å². The normalized spacial score (nSPS) is 12.5. The summed E-state index contributed by atoms with van der Waals surface area (Å²) in [6, 6.07) is 13.5. The molecule has 1 heterocycles. The molecule has 0 spiro atoms. The van der Waals surface area contributed by atoms with Crippen LogP contribution in [0, 0.1) is 0 Å². The minimum atomic E-state index is -2.91. The zero-order valence-corrected chi connectivity index (χ0v) is 16.3. The molecule has 0 radical (unpaired) electrons. The van der Waals surface area contributed by atoms with Gasteiger partial charge in [-0.3, -0.25) is 5.43 Å². The highest BCUT2D eigenvalue weighted by Crippen LogP contribution is 2.28. The first-order valence-electron chi connectivity index (χ1n) is 8.97. The van der Waals surface area contributed by atoms with E-state index in [1.54, 1.807) is 6.92 Å². The molecule has 7 heteroatoms. The fraction of sp³-hybridized carbons (Fsp3) is 0.238. The molecule has 0 saturated carbocycles. The molecule has 0 amide bonds. The van der Waals surface area contributed by atoms with Crippen LogP contribution in [0.1, 0.15) is 44.6 Å². The molecule has 0 unspecified atom stereocenters. The minimum absolute atomic E-state index is 0.0829. The van der Waals surface area contributed by atoms with E-state index in [0.717, 1.165) is 12.5 Å². The van der Waals surface area contributed by atoms with Crippen molar-refractivity contribution in [1.82, 2.24) is 15.4 Å². The molecule has 3 aromatic rings. The maximum absolute atomic E-state index is 13.4. The number of fused-ring (bicyclic) bond motifs is 1. The van der Waals surface area contributed by atoms with Crippen LogP contribution < -0.4 is 5.43 Å². The number of aromatic nitrogens is 2. The average molecular weight is 386 g/mol. The molecule has 0 atom stereocenters. The van der Waals surface area contributed by atoms with E-state index in [-0.39, 0.29) is 11.3 Å². The van der Waals surface area contributed by atoms with Crippen molar-refractivity contribution < 1.29 is 13.9 Å². The molecule has 28 heavy (non-hydrogen) atoms. The lowest BCUT2D eigenvalue weighted by molar-refractivity contribution is 0.0176. The zero-order valence-electron chi connectivity index (χ0n) is 16.3.